The molecular weight excluding hydrogens is 369 g/mol. The van der Waals surface area contributed by atoms with Gasteiger partial charge in [0.1, 0.15) is 0 Å². The maximum atomic E-state index is 12.8. The molecule has 4 rings (SSSR count). The van der Waals surface area contributed by atoms with Gasteiger partial charge in [0.05, 0.1) is 19.2 Å². The lowest BCUT2D eigenvalue weighted by molar-refractivity contribution is -0.168. The predicted octanol–water partition coefficient (Wildman–Crippen LogP) is 4.43. The summed E-state index contributed by atoms with van der Waals surface area (Å²) in [5, 5.41) is 0.863. The van der Waals surface area contributed by atoms with Crippen LogP contribution in [0.2, 0.25) is 0 Å². The number of piperidine rings is 2. The van der Waals surface area contributed by atoms with Crippen molar-refractivity contribution in [3.8, 4) is 0 Å². The number of ether oxygens (including phenoxy) is 1. The summed E-state index contributed by atoms with van der Waals surface area (Å²) in [7, 11) is 1.38. The van der Waals surface area contributed by atoms with E-state index in [1.54, 1.807) is 4.90 Å². The molecule has 2 heterocycles. The van der Waals surface area contributed by atoms with Gasteiger partial charge in [0, 0.05) is 35.7 Å². The standard InChI is InChI=1S/C21H25F3N2O2/c1-12(18-14-8-15(18)10-25(9-14)11-21(22,23)24)26-13(2)19(20(27)28-3)16-6-4-5-7-17(16)26/h4-7,12,14-15,18H,8-11H2,1-3H3. The summed E-state index contributed by atoms with van der Waals surface area (Å²) in [6, 6.07) is 7.87. The van der Waals surface area contributed by atoms with Gasteiger partial charge in [-0.25, -0.2) is 4.79 Å². The average Bonchev–Trinajstić information content (AvgIpc) is 2.91. The smallest absolute Gasteiger partial charge is 0.401 e. The molecule has 4 nitrogen and oxygen atoms in total. The molecule has 1 saturated heterocycles. The van der Waals surface area contributed by atoms with Crippen LogP contribution in [-0.4, -0.2) is 48.4 Å². The number of aromatic nitrogens is 1. The van der Waals surface area contributed by atoms with E-state index in [0.29, 0.717) is 24.6 Å². The summed E-state index contributed by atoms with van der Waals surface area (Å²) >= 11 is 0. The minimum Gasteiger partial charge on any atom is -0.465 e. The van der Waals surface area contributed by atoms with Gasteiger partial charge in [0.2, 0.25) is 0 Å². The highest BCUT2D eigenvalue weighted by Crippen LogP contribution is 2.52. The SMILES string of the molecule is COC(=O)c1c(C)n(C(C)C2C3CC2CN(CC(F)(F)F)C3)c2ccccc12. The lowest BCUT2D eigenvalue weighted by Gasteiger charge is -2.56. The van der Waals surface area contributed by atoms with Crippen molar-refractivity contribution < 1.29 is 22.7 Å². The molecule has 28 heavy (non-hydrogen) atoms. The molecule has 2 aromatic rings. The van der Waals surface area contributed by atoms with Crippen LogP contribution in [-0.2, 0) is 4.74 Å². The zero-order chi connectivity index (χ0) is 20.2. The van der Waals surface area contributed by atoms with E-state index in [1.165, 1.54) is 7.11 Å². The predicted molar refractivity (Wildman–Crippen MR) is 100 cm³/mol. The van der Waals surface area contributed by atoms with Crippen LogP contribution in [0.4, 0.5) is 13.2 Å². The van der Waals surface area contributed by atoms with Crippen LogP contribution in [0, 0.1) is 24.7 Å². The number of carbonyl (C=O) groups excluding carboxylic acids is 1. The van der Waals surface area contributed by atoms with Gasteiger partial charge < -0.3 is 9.30 Å². The summed E-state index contributed by atoms with van der Waals surface area (Å²) in [5.41, 5.74) is 2.41. The molecule has 1 aliphatic heterocycles. The Morgan fingerprint density at radius 1 is 1.25 bits per heavy atom. The lowest BCUT2D eigenvalue weighted by atomic mass is 9.59. The van der Waals surface area contributed by atoms with Crippen LogP contribution in [0.15, 0.2) is 24.3 Å². The molecular formula is C21H25F3N2O2. The van der Waals surface area contributed by atoms with Crippen molar-refractivity contribution in [3.63, 3.8) is 0 Å². The van der Waals surface area contributed by atoms with Crippen LogP contribution in [0.3, 0.4) is 0 Å². The summed E-state index contributed by atoms with van der Waals surface area (Å²) < 4.78 is 45.4. The van der Waals surface area contributed by atoms with Crippen LogP contribution in [0.5, 0.6) is 0 Å². The molecule has 7 heteroatoms. The number of fused-ring (bicyclic) bond motifs is 3. The Balaban J connectivity index is 1.64. The van der Waals surface area contributed by atoms with Gasteiger partial charge in [-0.2, -0.15) is 13.2 Å². The third kappa shape index (κ3) is 3.09. The number of alkyl halides is 3. The van der Waals surface area contributed by atoms with Gasteiger partial charge in [-0.05, 0) is 44.1 Å². The first-order valence-electron chi connectivity index (χ1n) is 9.68. The molecule has 0 radical (unpaired) electrons. The Kier molecular flexibility index (Phi) is 4.68. The van der Waals surface area contributed by atoms with E-state index in [9.17, 15) is 18.0 Å². The molecule has 152 valence electrons. The van der Waals surface area contributed by atoms with Crippen molar-refractivity contribution in [1.82, 2.24) is 9.47 Å². The van der Waals surface area contributed by atoms with Crippen molar-refractivity contribution in [2.24, 2.45) is 17.8 Å². The van der Waals surface area contributed by atoms with Crippen molar-refractivity contribution >= 4 is 16.9 Å². The molecule has 2 bridgehead atoms. The lowest BCUT2D eigenvalue weighted by Crippen LogP contribution is -2.58. The van der Waals surface area contributed by atoms with E-state index in [1.807, 2.05) is 31.2 Å². The number of esters is 1. The molecule has 0 spiro atoms. The normalized spacial score (nSPS) is 26.1. The van der Waals surface area contributed by atoms with E-state index >= 15 is 0 Å². The van der Waals surface area contributed by atoms with Crippen molar-refractivity contribution in [1.29, 1.82) is 0 Å². The molecule has 1 aromatic heterocycles. The van der Waals surface area contributed by atoms with E-state index in [4.69, 9.17) is 4.74 Å². The molecule has 1 aromatic carbocycles. The number of methoxy groups -OCH3 is 1. The number of rotatable bonds is 4. The highest BCUT2D eigenvalue weighted by atomic mass is 19.4. The van der Waals surface area contributed by atoms with Crippen LogP contribution in [0.1, 0.15) is 35.4 Å². The fourth-order valence-corrected chi connectivity index (χ4v) is 5.64. The number of hydrogen-bond acceptors (Lipinski definition) is 3. The van der Waals surface area contributed by atoms with Crippen LogP contribution < -0.4 is 0 Å². The maximum absolute atomic E-state index is 12.8. The summed E-state index contributed by atoms with van der Waals surface area (Å²) in [5.74, 6) is 0.491. The number of para-hydroxylation sites is 1. The zero-order valence-electron chi connectivity index (χ0n) is 16.3. The Bertz CT molecular complexity index is 893. The first-order valence-corrected chi connectivity index (χ1v) is 9.68. The Hall–Kier alpha value is -2.02. The monoisotopic (exact) mass is 394 g/mol. The first-order chi connectivity index (χ1) is 13.2. The highest BCUT2D eigenvalue weighted by molar-refractivity contribution is 6.05. The fraction of sp³-hybridized carbons (Fsp3) is 0.571. The number of nitrogens with zero attached hydrogens (tertiary/aromatic N) is 2. The largest absolute Gasteiger partial charge is 0.465 e. The van der Waals surface area contributed by atoms with Gasteiger partial charge in [-0.1, -0.05) is 18.2 Å². The highest BCUT2D eigenvalue weighted by Gasteiger charge is 2.51. The maximum Gasteiger partial charge on any atom is 0.401 e. The average molecular weight is 394 g/mol. The quantitative estimate of drug-likeness (QED) is 0.720. The van der Waals surface area contributed by atoms with Crippen molar-refractivity contribution in [2.75, 3.05) is 26.7 Å². The summed E-state index contributed by atoms with van der Waals surface area (Å²) in [6.45, 7) is 4.22. The molecule has 3 atom stereocenters. The second-order valence-corrected chi connectivity index (χ2v) is 8.22. The first kappa shape index (κ1) is 19.3. The van der Waals surface area contributed by atoms with Crippen LogP contribution in [0.25, 0.3) is 10.9 Å². The zero-order valence-corrected chi connectivity index (χ0v) is 16.3. The Morgan fingerprint density at radius 2 is 1.89 bits per heavy atom. The third-order valence-corrected chi connectivity index (χ3v) is 6.59. The summed E-state index contributed by atoms with van der Waals surface area (Å²) in [6.07, 6.45) is -3.15. The van der Waals surface area contributed by atoms with Crippen molar-refractivity contribution in [3.05, 3.63) is 35.5 Å². The van der Waals surface area contributed by atoms with Gasteiger partial charge in [0.25, 0.3) is 0 Å². The molecule has 2 fully saturated rings. The fourth-order valence-electron chi connectivity index (χ4n) is 5.64. The molecule has 1 saturated carbocycles. The van der Waals surface area contributed by atoms with Gasteiger partial charge in [0.15, 0.2) is 0 Å². The second kappa shape index (κ2) is 6.79. The third-order valence-electron chi connectivity index (χ3n) is 6.59. The molecule has 0 amide bonds. The topological polar surface area (TPSA) is 34.5 Å². The van der Waals surface area contributed by atoms with E-state index in [-0.39, 0.29) is 23.8 Å². The number of hydrogen-bond donors (Lipinski definition) is 0. The molecule has 1 aliphatic carbocycles. The van der Waals surface area contributed by atoms with Gasteiger partial charge in [-0.15, -0.1) is 0 Å². The van der Waals surface area contributed by atoms with Gasteiger partial charge >= 0.3 is 12.1 Å². The minimum absolute atomic E-state index is 0.111. The van der Waals surface area contributed by atoms with Gasteiger partial charge in [-0.3, -0.25) is 4.90 Å². The number of likely N-dealkylation sites (tertiary alicyclic amines) is 1. The van der Waals surface area contributed by atoms with E-state index in [2.05, 4.69) is 11.5 Å². The Labute approximate surface area is 162 Å². The molecule has 0 N–H and O–H groups in total. The minimum atomic E-state index is -4.15. The van der Waals surface area contributed by atoms with E-state index < -0.39 is 12.7 Å². The Morgan fingerprint density at radius 3 is 2.50 bits per heavy atom. The number of benzene rings is 1. The van der Waals surface area contributed by atoms with Crippen LogP contribution >= 0.6 is 0 Å². The van der Waals surface area contributed by atoms with Crippen molar-refractivity contribution in [2.45, 2.75) is 32.5 Å². The summed E-state index contributed by atoms with van der Waals surface area (Å²) in [4.78, 5) is 13.9. The number of carbonyl (C=O) groups is 1. The molecule has 3 unspecified atom stereocenters. The molecule has 2 aliphatic rings. The second-order valence-electron chi connectivity index (χ2n) is 8.22. The van der Waals surface area contributed by atoms with E-state index in [0.717, 1.165) is 23.0 Å². The number of halogens is 3.